The molecule has 1 atom stereocenters. The highest BCUT2D eigenvalue weighted by atomic mass is 15.2. The van der Waals surface area contributed by atoms with Crippen LogP contribution in [-0.4, -0.2) is 55.2 Å². The largest absolute Gasteiger partial charge is 0.357 e. The molecular weight excluding hydrogens is 322 g/mol. The van der Waals surface area contributed by atoms with Gasteiger partial charge in [-0.3, -0.25) is 0 Å². The van der Waals surface area contributed by atoms with E-state index in [2.05, 4.69) is 44.8 Å². The first-order valence-corrected chi connectivity index (χ1v) is 10.3. The summed E-state index contributed by atoms with van der Waals surface area (Å²) >= 11 is 0. The zero-order valence-electron chi connectivity index (χ0n) is 15.8. The van der Waals surface area contributed by atoms with E-state index in [1.165, 1.54) is 54.6 Å². The van der Waals surface area contributed by atoms with Crippen molar-refractivity contribution in [3.05, 3.63) is 35.5 Å². The number of nitrogens with one attached hydrogen (secondary N) is 3. The Kier molecular flexibility index (Phi) is 5.90. The average Bonchev–Trinajstić information content (AvgIpc) is 3.05. The monoisotopic (exact) mass is 355 g/mol. The molecule has 1 aromatic carbocycles. The summed E-state index contributed by atoms with van der Waals surface area (Å²) in [6.45, 7) is 7.63. The molecule has 1 aromatic heterocycles. The first kappa shape index (κ1) is 18.0. The molecule has 3 heterocycles. The molecule has 1 fully saturated rings. The molecule has 0 bridgehead atoms. The molecule has 0 spiro atoms. The number of benzene rings is 1. The molecule has 5 heteroatoms. The molecule has 2 aliphatic rings. The lowest BCUT2D eigenvalue weighted by Gasteiger charge is -2.35. The number of rotatable bonds is 7. The van der Waals surface area contributed by atoms with Crippen LogP contribution in [0, 0.1) is 5.92 Å². The average molecular weight is 356 g/mol. The van der Waals surface area contributed by atoms with Gasteiger partial charge in [-0.1, -0.05) is 18.2 Å². The summed E-state index contributed by atoms with van der Waals surface area (Å²) in [5.41, 5.74) is 9.74. The second kappa shape index (κ2) is 8.53. The van der Waals surface area contributed by atoms with Crippen molar-refractivity contribution in [3.8, 4) is 0 Å². The molecule has 26 heavy (non-hydrogen) atoms. The molecule has 142 valence electrons. The summed E-state index contributed by atoms with van der Waals surface area (Å²) in [4.78, 5) is 6.24. The molecule has 2 aromatic rings. The lowest BCUT2D eigenvalue weighted by Crippen LogP contribution is -2.47. The van der Waals surface area contributed by atoms with Crippen molar-refractivity contribution in [3.63, 3.8) is 0 Å². The van der Waals surface area contributed by atoms with Crippen molar-refractivity contribution >= 4 is 10.9 Å². The predicted octanol–water partition coefficient (Wildman–Crippen LogP) is 1.83. The Labute approximate surface area is 156 Å². The van der Waals surface area contributed by atoms with Crippen LogP contribution < -0.4 is 16.4 Å². The van der Waals surface area contributed by atoms with Crippen molar-refractivity contribution < 1.29 is 0 Å². The van der Waals surface area contributed by atoms with E-state index in [0.717, 1.165) is 44.9 Å². The summed E-state index contributed by atoms with van der Waals surface area (Å²) in [5, 5.41) is 8.72. The van der Waals surface area contributed by atoms with Crippen molar-refractivity contribution in [2.24, 2.45) is 11.7 Å². The Balaban J connectivity index is 1.26. The van der Waals surface area contributed by atoms with Gasteiger partial charge in [-0.05, 0) is 76.0 Å². The van der Waals surface area contributed by atoms with Crippen LogP contribution >= 0.6 is 0 Å². The maximum atomic E-state index is 5.55. The van der Waals surface area contributed by atoms with Gasteiger partial charge in [0.25, 0.3) is 0 Å². The number of nitrogens with two attached hydrogens (primary N) is 1. The molecule has 0 saturated carbocycles. The fraction of sp³-hybridized carbons (Fsp3) is 0.619. The van der Waals surface area contributed by atoms with Crippen molar-refractivity contribution in [1.29, 1.82) is 0 Å². The normalized spacial score (nSPS) is 22.0. The number of nitrogens with zero attached hydrogens (tertiary/aromatic N) is 1. The molecule has 0 amide bonds. The van der Waals surface area contributed by atoms with Crippen LogP contribution in [0.2, 0.25) is 0 Å². The summed E-state index contributed by atoms with van der Waals surface area (Å²) in [6, 6.07) is 9.29. The number of para-hydroxylation sites is 1. The molecule has 2 aliphatic heterocycles. The van der Waals surface area contributed by atoms with E-state index in [1.54, 1.807) is 0 Å². The molecule has 5 N–H and O–H groups in total. The highest BCUT2D eigenvalue weighted by molar-refractivity contribution is 5.84. The summed E-state index contributed by atoms with van der Waals surface area (Å²) in [6.07, 6.45) is 4.86. The number of aromatic nitrogens is 1. The Bertz CT molecular complexity index is 701. The van der Waals surface area contributed by atoms with E-state index in [-0.39, 0.29) is 0 Å². The van der Waals surface area contributed by atoms with Gasteiger partial charge in [-0.2, -0.15) is 0 Å². The van der Waals surface area contributed by atoms with Crippen LogP contribution in [0.5, 0.6) is 0 Å². The molecule has 1 unspecified atom stereocenters. The third-order valence-corrected chi connectivity index (χ3v) is 6.10. The number of piperidine rings is 1. The van der Waals surface area contributed by atoms with Gasteiger partial charge in [-0.15, -0.1) is 0 Å². The van der Waals surface area contributed by atoms with E-state index in [9.17, 15) is 0 Å². The van der Waals surface area contributed by atoms with Crippen molar-refractivity contribution in [2.45, 2.75) is 38.3 Å². The number of H-pyrrole nitrogens is 1. The summed E-state index contributed by atoms with van der Waals surface area (Å²) < 4.78 is 0. The lowest BCUT2D eigenvalue weighted by atomic mass is 9.94. The second-order valence-electron chi connectivity index (χ2n) is 8.00. The van der Waals surface area contributed by atoms with Gasteiger partial charge in [0.15, 0.2) is 0 Å². The number of hydrogen-bond donors (Lipinski definition) is 4. The van der Waals surface area contributed by atoms with Gasteiger partial charge in [0.1, 0.15) is 0 Å². The number of hydrogen-bond acceptors (Lipinski definition) is 4. The zero-order chi connectivity index (χ0) is 17.8. The molecule has 4 rings (SSSR count). The fourth-order valence-corrected chi connectivity index (χ4v) is 4.55. The number of fused-ring (bicyclic) bond motifs is 3. The molecule has 0 radical (unpaired) electrons. The molecule has 5 nitrogen and oxygen atoms in total. The summed E-state index contributed by atoms with van der Waals surface area (Å²) in [5.74, 6) is 0.837. The standard InChI is InChI=1S/C21H33N5/c22-8-3-9-23-13-16-6-10-26(11-7-16)15-17-12-19-18-4-1-2-5-20(18)25-21(19)14-24-17/h1-2,4-5,16-17,23-25H,3,6-15,22H2. The fourth-order valence-electron chi connectivity index (χ4n) is 4.55. The first-order chi connectivity index (χ1) is 12.8. The number of likely N-dealkylation sites (tertiary alicyclic amines) is 1. The minimum absolute atomic E-state index is 0.570. The molecular formula is C21H33N5. The van der Waals surface area contributed by atoms with Crippen LogP contribution in [0.15, 0.2) is 24.3 Å². The molecule has 0 aliphatic carbocycles. The van der Waals surface area contributed by atoms with Crippen LogP contribution in [0.25, 0.3) is 10.9 Å². The van der Waals surface area contributed by atoms with E-state index in [4.69, 9.17) is 5.73 Å². The third kappa shape index (κ3) is 4.12. The van der Waals surface area contributed by atoms with Gasteiger partial charge in [0.2, 0.25) is 0 Å². The Morgan fingerprint density at radius 1 is 1.19 bits per heavy atom. The Morgan fingerprint density at radius 3 is 2.88 bits per heavy atom. The highest BCUT2D eigenvalue weighted by Gasteiger charge is 2.25. The van der Waals surface area contributed by atoms with Gasteiger partial charge in [0, 0.05) is 35.7 Å². The van der Waals surface area contributed by atoms with Crippen LogP contribution in [0.4, 0.5) is 0 Å². The quantitative estimate of drug-likeness (QED) is 0.572. The maximum absolute atomic E-state index is 5.55. The second-order valence-corrected chi connectivity index (χ2v) is 8.00. The topological polar surface area (TPSA) is 69.1 Å². The third-order valence-electron chi connectivity index (χ3n) is 6.10. The van der Waals surface area contributed by atoms with E-state index in [1.807, 2.05) is 0 Å². The minimum Gasteiger partial charge on any atom is -0.357 e. The van der Waals surface area contributed by atoms with Gasteiger partial charge in [0.05, 0.1) is 0 Å². The maximum Gasteiger partial charge on any atom is 0.0459 e. The SMILES string of the molecule is NCCCNCC1CCN(CC2Cc3c([nH]c4ccccc34)CN2)CC1. The highest BCUT2D eigenvalue weighted by Crippen LogP contribution is 2.27. The van der Waals surface area contributed by atoms with Gasteiger partial charge < -0.3 is 26.3 Å². The van der Waals surface area contributed by atoms with Crippen molar-refractivity contribution in [1.82, 2.24) is 20.5 Å². The van der Waals surface area contributed by atoms with E-state index < -0.39 is 0 Å². The minimum atomic E-state index is 0.570. The van der Waals surface area contributed by atoms with Crippen molar-refractivity contribution in [2.75, 3.05) is 39.3 Å². The summed E-state index contributed by atoms with van der Waals surface area (Å²) in [7, 11) is 0. The van der Waals surface area contributed by atoms with E-state index >= 15 is 0 Å². The lowest BCUT2D eigenvalue weighted by molar-refractivity contribution is 0.164. The molecule has 1 saturated heterocycles. The van der Waals surface area contributed by atoms with Crippen LogP contribution in [0.1, 0.15) is 30.5 Å². The number of aromatic amines is 1. The van der Waals surface area contributed by atoms with Crippen LogP contribution in [0.3, 0.4) is 0 Å². The zero-order valence-corrected chi connectivity index (χ0v) is 15.8. The predicted molar refractivity (Wildman–Crippen MR) is 108 cm³/mol. The van der Waals surface area contributed by atoms with Gasteiger partial charge >= 0.3 is 0 Å². The Morgan fingerprint density at radius 2 is 2.04 bits per heavy atom. The van der Waals surface area contributed by atoms with E-state index in [0.29, 0.717) is 6.04 Å². The smallest absolute Gasteiger partial charge is 0.0459 e. The first-order valence-electron chi connectivity index (χ1n) is 10.3. The van der Waals surface area contributed by atoms with Crippen LogP contribution in [-0.2, 0) is 13.0 Å². The Hall–Kier alpha value is -1.40. The van der Waals surface area contributed by atoms with Gasteiger partial charge in [-0.25, -0.2) is 0 Å².